The highest BCUT2D eigenvalue weighted by molar-refractivity contribution is 5.94. The van der Waals surface area contributed by atoms with Crippen LogP contribution < -0.4 is 15.4 Å². The third kappa shape index (κ3) is 6.62. The summed E-state index contributed by atoms with van der Waals surface area (Å²) in [5, 5.41) is 5.64. The van der Waals surface area contributed by atoms with Gasteiger partial charge in [0.15, 0.2) is 5.96 Å². The fourth-order valence-corrected chi connectivity index (χ4v) is 2.52. The molecule has 0 aromatic heterocycles. The maximum atomic E-state index is 13.2. The van der Waals surface area contributed by atoms with Gasteiger partial charge in [-0.1, -0.05) is 18.2 Å². The lowest BCUT2D eigenvalue weighted by Crippen LogP contribution is -2.42. The third-order valence-electron chi connectivity index (χ3n) is 3.74. The van der Waals surface area contributed by atoms with E-state index in [9.17, 15) is 9.18 Å². The van der Waals surface area contributed by atoms with Gasteiger partial charge in [-0.15, -0.1) is 0 Å². The monoisotopic (exact) mass is 372 g/mol. The molecule has 0 aliphatic heterocycles. The van der Waals surface area contributed by atoms with Gasteiger partial charge in [0.2, 0.25) is 5.91 Å². The first-order chi connectivity index (χ1) is 13.0. The molecule has 0 atom stereocenters. The average Bonchev–Trinajstić information content (AvgIpc) is 2.64. The highest BCUT2D eigenvalue weighted by Gasteiger charge is 2.09. The average molecular weight is 372 g/mol. The van der Waals surface area contributed by atoms with Gasteiger partial charge < -0.3 is 20.3 Å². The van der Waals surface area contributed by atoms with E-state index in [1.165, 1.54) is 12.1 Å². The SMILES string of the molecule is CCOc1ccc(CN(C)C(=NC)NCC(=O)Nc2cccc(F)c2)cc1. The molecule has 0 heterocycles. The molecule has 0 aliphatic carbocycles. The normalized spacial score (nSPS) is 11.0. The standard InChI is InChI=1S/C20H25FN4O2/c1-4-27-18-10-8-15(9-11-18)14-25(3)20(22-2)23-13-19(26)24-17-7-5-6-16(21)12-17/h5-12H,4,13-14H2,1-3H3,(H,22,23)(H,24,26). The summed E-state index contributed by atoms with van der Waals surface area (Å²) in [5.41, 5.74) is 1.51. The van der Waals surface area contributed by atoms with Crippen molar-refractivity contribution in [2.24, 2.45) is 4.99 Å². The van der Waals surface area contributed by atoms with E-state index < -0.39 is 5.82 Å². The Morgan fingerprint density at radius 3 is 2.59 bits per heavy atom. The molecule has 0 radical (unpaired) electrons. The van der Waals surface area contributed by atoms with Gasteiger partial charge in [0.25, 0.3) is 0 Å². The second kappa shape index (κ2) is 10.2. The summed E-state index contributed by atoms with van der Waals surface area (Å²) < 4.78 is 18.6. The van der Waals surface area contributed by atoms with E-state index in [0.717, 1.165) is 11.3 Å². The summed E-state index contributed by atoms with van der Waals surface area (Å²) in [5.74, 6) is 0.738. The lowest BCUT2D eigenvalue weighted by atomic mass is 10.2. The summed E-state index contributed by atoms with van der Waals surface area (Å²) >= 11 is 0. The van der Waals surface area contributed by atoms with E-state index in [1.54, 1.807) is 19.2 Å². The number of hydrogen-bond acceptors (Lipinski definition) is 3. The number of ether oxygens (including phenoxy) is 1. The number of benzene rings is 2. The number of hydrogen-bond donors (Lipinski definition) is 2. The number of nitrogens with one attached hydrogen (secondary N) is 2. The van der Waals surface area contributed by atoms with Gasteiger partial charge >= 0.3 is 0 Å². The van der Waals surface area contributed by atoms with Crippen molar-refractivity contribution >= 4 is 17.6 Å². The van der Waals surface area contributed by atoms with Crippen LogP contribution in [0.1, 0.15) is 12.5 Å². The second-order valence-corrected chi connectivity index (χ2v) is 5.89. The molecule has 7 heteroatoms. The zero-order valence-corrected chi connectivity index (χ0v) is 15.8. The van der Waals surface area contributed by atoms with Gasteiger partial charge in [0.05, 0.1) is 13.2 Å². The molecule has 144 valence electrons. The second-order valence-electron chi connectivity index (χ2n) is 5.89. The molecule has 1 amide bonds. The van der Waals surface area contributed by atoms with Crippen molar-refractivity contribution < 1.29 is 13.9 Å². The Morgan fingerprint density at radius 1 is 1.22 bits per heavy atom. The van der Waals surface area contributed by atoms with Crippen LogP contribution in [-0.2, 0) is 11.3 Å². The van der Waals surface area contributed by atoms with E-state index in [1.807, 2.05) is 43.1 Å². The summed E-state index contributed by atoms with van der Waals surface area (Å²) in [7, 11) is 3.54. The smallest absolute Gasteiger partial charge is 0.243 e. The van der Waals surface area contributed by atoms with Crippen LogP contribution in [0.3, 0.4) is 0 Å². The number of rotatable bonds is 7. The Balaban J connectivity index is 1.85. The summed E-state index contributed by atoms with van der Waals surface area (Å²) in [6.45, 7) is 3.23. The summed E-state index contributed by atoms with van der Waals surface area (Å²) in [6, 6.07) is 13.6. The van der Waals surface area contributed by atoms with Gasteiger partial charge in [0.1, 0.15) is 11.6 Å². The number of carbonyl (C=O) groups excluding carboxylic acids is 1. The molecular weight excluding hydrogens is 347 g/mol. The van der Waals surface area contributed by atoms with E-state index in [4.69, 9.17) is 4.74 Å². The van der Waals surface area contributed by atoms with Crippen LogP contribution in [0.4, 0.5) is 10.1 Å². The predicted octanol–water partition coefficient (Wildman–Crippen LogP) is 2.87. The molecule has 2 aromatic carbocycles. The molecule has 2 N–H and O–H groups in total. The Labute approximate surface area is 159 Å². The molecule has 27 heavy (non-hydrogen) atoms. The number of carbonyl (C=O) groups is 1. The minimum atomic E-state index is -0.397. The number of amides is 1. The van der Waals surface area contributed by atoms with Crippen LogP contribution in [0, 0.1) is 5.82 Å². The van der Waals surface area contributed by atoms with Crippen LogP contribution >= 0.6 is 0 Å². The van der Waals surface area contributed by atoms with Gasteiger partial charge in [0, 0.05) is 26.3 Å². The molecule has 0 unspecified atom stereocenters. The quantitative estimate of drug-likeness (QED) is 0.579. The lowest BCUT2D eigenvalue weighted by molar-refractivity contribution is -0.115. The number of aliphatic imine (C=N–C) groups is 1. The molecule has 0 aliphatic rings. The highest BCUT2D eigenvalue weighted by Crippen LogP contribution is 2.13. The number of guanidine groups is 1. The van der Waals surface area contributed by atoms with Crippen LogP contribution in [0.15, 0.2) is 53.5 Å². The Kier molecular flexibility index (Phi) is 7.61. The van der Waals surface area contributed by atoms with Crippen molar-refractivity contribution in [3.63, 3.8) is 0 Å². The Hall–Kier alpha value is -3.09. The van der Waals surface area contributed by atoms with Gasteiger partial charge in [-0.2, -0.15) is 0 Å². The molecule has 2 rings (SSSR count). The number of halogens is 1. The molecule has 0 saturated heterocycles. The van der Waals surface area contributed by atoms with Gasteiger partial charge in [-0.05, 0) is 42.8 Å². The fraction of sp³-hybridized carbons (Fsp3) is 0.300. The maximum absolute atomic E-state index is 13.2. The Morgan fingerprint density at radius 2 is 1.96 bits per heavy atom. The first-order valence-corrected chi connectivity index (χ1v) is 8.70. The molecule has 0 saturated carbocycles. The lowest BCUT2D eigenvalue weighted by Gasteiger charge is -2.22. The largest absolute Gasteiger partial charge is 0.494 e. The summed E-state index contributed by atoms with van der Waals surface area (Å²) in [4.78, 5) is 18.1. The van der Waals surface area contributed by atoms with Crippen molar-refractivity contribution in [3.05, 3.63) is 59.9 Å². The van der Waals surface area contributed by atoms with Crippen molar-refractivity contribution in [3.8, 4) is 5.75 Å². The highest BCUT2D eigenvalue weighted by atomic mass is 19.1. The Bertz CT molecular complexity index is 778. The third-order valence-corrected chi connectivity index (χ3v) is 3.74. The van der Waals surface area contributed by atoms with Crippen LogP contribution in [0.2, 0.25) is 0 Å². The van der Waals surface area contributed by atoms with E-state index in [2.05, 4.69) is 15.6 Å². The zero-order valence-electron chi connectivity index (χ0n) is 15.8. The first kappa shape index (κ1) is 20.2. The van der Waals surface area contributed by atoms with Gasteiger partial charge in [-0.3, -0.25) is 9.79 Å². The minimum Gasteiger partial charge on any atom is -0.494 e. The van der Waals surface area contributed by atoms with Crippen molar-refractivity contribution in [2.75, 3.05) is 32.6 Å². The van der Waals surface area contributed by atoms with Crippen molar-refractivity contribution in [1.82, 2.24) is 10.2 Å². The first-order valence-electron chi connectivity index (χ1n) is 8.70. The van der Waals surface area contributed by atoms with Crippen LogP contribution in [0.5, 0.6) is 5.75 Å². The minimum absolute atomic E-state index is 0.0246. The van der Waals surface area contributed by atoms with E-state index >= 15 is 0 Å². The van der Waals surface area contributed by atoms with Crippen molar-refractivity contribution in [1.29, 1.82) is 0 Å². The fourth-order valence-electron chi connectivity index (χ4n) is 2.52. The molecule has 6 nitrogen and oxygen atoms in total. The number of nitrogens with zero attached hydrogens (tertiary/aromatic N) is 2. The zero-order chi connectivity index (χ0) is 19.6. The topological polar surface area (TPSA) is 66.0 Å². The molecule has 0 bridgehead atoms. The number of anilines is 1. The van der Waals surface area contributed by atoms with Crippen molar-refractivity contribution in [2.45, 2.75) is 13.5 Å². The predicted molar refractivity (Wildman–Crippen MR) is 105 cm³/mol. The van der Waals surface area contributed by atoms with E-state index in [0.29, 0.717) is 24.8 Å². The summed E-state index contributed by atoms with van der Waals surface area (Å²) in [6.07, 6.45) is 0. The maximum Gasteiger partial charge on any atom is 0.243 e. The molecule has 0 fully saturated rings. The van der Waals surface area contributed by atoms with E-state index in [-0.39, 0.29) is 12.5 Å². The van der Waals surface area contributed by atoms with Gasteiger partial charge in [-0.25, -0.2) is 4.39 Å². The van der Waals surface area contributed by atoms with Crippen LogP contribution in [-0.4, -0.2) is 44.0 Å². The molecule has 0 spiro atoms. The molecular formula is C20H25FN4O2. The molecule has 2 aromatic rings. The van der Waals surface area contributed by atoms with Crippen LogP contribution in [0.25, 0.3) is 0 Å².